The second kappa shape index (κ2) is 8.10. The Morgan fingerprint density at radius 2 is 1.81 bits per heavy atom. The van der Waals surface area contributed by atoms with Gasteiger partial charge >= 0.3 is 0 Å². The van der Waals surface area contributed by atoms with Crippen LogP contribution in [0, 0.1) is 0 Å². The Balaban J connectivity index is 1.92. The molecule has 1 aliphatic heterocycles. The maximum absolute atomic E-state index is 12.7. The van der Waals surface area contributed by atoms with E-state index >= 15 is 0 Å². The molecular weight excluding hydrogens is 348 g/mol. The van der Waals surface area contributed by atoms with Crippen LogP contribution in [-0.4, -0.2) is 36.7 Å². The molecule has 0 radical (unpaired) electrons. The van der Waals surface area contributed by atoms with Crippen molar-refractivity contribution in [2.45, 2.75) is 6.92 Å². The van der Waals surface area contributed by atoms with Crippen molar-refractivity contribution < 1.29 is 14.3 Å². The summed E-state index contributed by atoms with van der Waals surface area (Å²) >= 11 is 1.38. The number of likely N-dealkylation sites (N-methyl/N-ethyl adjacent to an activating group) is 1. The molecule has 0 unspecified atom stereocenters. The van der Waals surface area contributed by atoms with Crippen LogP contribution in [0.5, 0.6) is 11.5 Å². The van der Waals surface area contributed by atoms with E-state index in [1.165, 1.54) is 11.8 Å². The van der Waals surface area contributed by atoms with E-state index in [1.54, 1.807) is 19.1 Å². The summed E-state index contributed by atoms with van der Waals surface area (Å²) in [6.45, 7) is 2.51. The summed E-state index contributed by atoms with van der Waals surface area (Å²) in [4.78, 5) is 19.6. The molecule has 1 heterocycles. The highest BCUT2D eigenvalue weighted by molar-refractivity contribution is 8.18. The van der Waals surface area contributed by atoms with Gasteiger partial charge in [-0.3, -0.25) is 9.69 Å². The summed E-state index contributed by atoms with van der Waals surface area (Å²) in [6.07, 6.45) is 1.85. The smallest absolute Gasteiger partial charge is 0.266 e. The number of para-hydroxylation sites is 1. The van der Waals surface area contributed by atoms with Gasteiger partial charge in [0.05, 0.1) is 24.8 Å². The van der Waals surface area contributed by atoms with Gasteiger partial charge in [-0.2, -0.15) is 0 Å². The average Bonchev–Trinajstić information content (AvgIpc) is 2.96. The molecule has 1 aliphatic rings. The lowest BCUT2D eigenvalue weighted by Crippen LogP contribution is -2.28. The highest BCUT2D eigenvalue weighted by Crippen LogP contribution is 2.35. The molecule has 0 N–H and O–H groups in total. The Bertz CT molecular complexity index is 863. The van der Waals surface area contributed by atoms with Crippen molar-refractivity contribution in [1.82, 2.24) is 4.90 Å². The third-order valence-electron chi connectivity index (χ3n) is 3.89. The van der Waals surface area contributed by atoms with E-state index in [0.717, 1.165) is 11.3 Å². The largest absolute Gasteiger partial charge is 0.493 e. The van der Waals surface area contributed by atoms with Crippen LogP contribution in [0.15, 0.2) is 58.4 Å². The predicted molar refractivity (Wildman–Crippen MR) is 106 cm³/mol. The van der Waals surface area contributed by atoms with Gasteiger partial charge in [0.15, 0.2) is 16.7 Å². The molecule has 134 valence electrons. The van der Waals surface area contributed by atoms with Crippen LogP contribution in [0.3, 0.4) is 0 Å². The van der Waals surface area contributed by atoms with E-state index in [0.29, 0.717) is 28.1 Å². The van der Waals surface area contributed by atoms with Crippen LogP contribution < -0.4 is 9.47 Å². The molecule has 26 heavy (non-hydrogen) atoms. The minimum Gasteiger partial charge on any atom is -0.493 e. The van der Waals surface area contributed by atoms with Crippen molar-refractivity contribution in [3.05, 3.63) is 59.0 Å². The lowest BCUT2D eigenvalue weighted by atomic mass is 10.2. The average molecular weight is 368 g/mol. The van der Waals surface area contributed by atoms with Crippen molar-refractivity contribution in [2.24, 2.45) is 4.99 Å². The number of thioether (sulfide) groups is 1. The molecule has 0 saturated carbocycles. The third-order valence-corrected chi connectivity index (χ3v) is 4.90. The van der Waals surface area contributed by atoms with Gasteiger partial charge in [-0.25, -0.2) is 4.99 Å². The van der Waals surface area contributed by atoms with Crippen molar-refractivity contribution >= 4 is 34.6 Å². The number of amidine groups is 1. The van der Waals surface area contributed by atoms with Gasteiger partial charge < -0.3 is 9.47 Å². The molecule has 0 spiro atoms. The van der Waals surface area contributed by atoms with Crippen molar-refractivity contribution in [3.63, 3.8) is 0 Å². The normalized spacial score (nSPS) is 17.2. The van der Waals surface area contributed by atoms with Crippen LogP contribution in [0.4, 0.5) is 5.69 Å². The van der Waals surface area contributed by atoms with Gasteiger partial charge in [0.1, 0.15) is 0 Å². The molecule has 5 nitrogen and oxygen atoms in total. The minimum absolute atomic E-state index is 0.0398. The fourth-order valence-electron chi connectivity index (χ4n) is 2.58. The van der Waals surface area contributed by atoms with E-state index < -0.39 is 0 Å². The number of benzene rings is 2. The topological polar surface area (TPSA) is 51.1 Å². The number of hydrogen-bond donors (Lipinski definition) is 0. The van der Waals surface area contributed by atoms with E-state index in [9.17, 15) is 4.79 Å². The number of methoxy groups -OCH3 is 2. The monoisotopic (exact) mass is 368 g/mol. The molecular formula is C20H20N2O3S. The van der Waals surface area contributed by atoms with Gasteiger partial charge in [0.2, 0.25) is 0 Å². The highest BCUT2D eigenvalue weighted by atomic mass is 32.2. The summed E-state index contributed by atoms with van der Waals surface area (Å²) in [7, 11) is 3.19. The third kappa shape index (κ3) is 3.75. The van der Waals surface area contributed by atoms with Crippen LogP contribution in [-0.2, 0) is 4.79 Å². The van der Waals surface area contributed by atoms with E-state index in [2.05, 4.69) is 4.99 Å². The Morgan fingerprint density at radius 3 is 2.46 bits per heavy atom. The van der Waals surface area contributed by atoms with Crippen LogP contribution >= 0.6 is 11.8 Å². The van der Waals surface area contributed by atoms with Gasteiger partial charge in [-0.05, 0) is 54.6 Å². The van der Waals surface area contributed by atoms with E-state index in [-0.39, 0.29) is 5.91 Å². The molecule has 0 aliphatic carbocycles. The number of nitrogens with zero attached hydrogens (tertiary/aromatic N) is 2. The summed E-state index contributed by atoms with van der Waals surface area (Å²) in [5.41, 5.74) is 1.70. The maximum Gasteiger partial charge on any atom is 0.266 e. The summed E-state index contributed by atoms with van der Waals surface area (Å²) in [6, 6.07) is 15.2. The Hall–Kier alpha value is -2.73. The Kier molecular flexibility index (Phi) is 5.63. The van der Waals surface area contributed by atoms with E-state index in [4.69, 9.17) is 9.47 Å². The zero-order valence-corrected chi connectivity index (χ0v) is 15.7. The Labute approximate surface area is 157 Å². The first kappa shape index (κ1) is 18.1. The molecule has 0 atom stereocenters. The number of carbonyl (C=O) groups is 1. The standard InChI is InChI=1S/C20H20N2O3S/c1-4-22-19(23)18(26-20(22)21-15-8-6-5-7-9-15)13-14-10-11-16(24-2)17(12-14)25-3/h5-13H,4H2,1-3H3/b18-13-,21-20?. The van der Waals surface area contributed by atoms with E-state index in [1.807, 2.05) is 61.5 Å². The molecule has 1 amide bonds. The zero-order chi connectivity index (χ0) is 18.5. The van der Waals surface area contributed by atoms with Crippen LogP contribution in [0.2, 0.25) is 0 Å². The fraction of sp³-hybridized carbons (Fsp3) is 0.200. The zero-order valence-electron chi connectivity index (χ0n) is 14.9. The summed E-state index contributed by atoms with van der Waals surface area (Å²) < 4.78 is 10.6. The molecule has 0 bridgehead atoms. The number of hydrogen-bond acceptors (Lipinski definition) is 5. The first-order chi connectivity index (χ1) is 12.7. The lowest BCUT2D eigenvalue weighted by molar-refractivity contribution is -0.122. The summed E-state index contributed by atoms with van der Waals surface area (Å²) in [5.74, 6) is 1.24. The molecule has 2 aromatic carbocycles. The predicted octanol–water partition coefficient (Wildman–Crippen LogP) is 4.33. The number of amides is 1. The van der Waals surface area contributed by atoms with Crippen molar-refractivity contribution in [2.75, 3.05) is 20.8 Å². The quantitative estimate of drug-likeness (QED) is 0.737. The van der Waals surface area contributed by atoms with Crippen LogP contribution in [0.1, 0.15) is 12.5 Å². The van der Waals surface area contributed by atoms with Gasteiger partial charge in [-0.1, -0.05) is 24.3 Å². The van der Waals surface area contributed by atoms with Crippen LogP contribution in [0.25, 0.3) is 6.08 Å². The SMILES string of the molecule is CCN1C(=O)/C(=C/c2ccc(OC)c(OC)c2)SC1=Nc1ccccc1. The molecule has 0 aromatic heterocycles. The number of ether oxygens (including phenoxy) is 2. The van der Waals surface area contributed by atoms with Crippen molar-refractivity contribution in [1.29, 1.82) is 0 Å². The molecule has 1 fully saturated rings. The molecule has 2 aromatic rings. The molecule has 1 saturated heterocycles. The second-order valence-corrected chi connectivity index (χ2v) is 6.51. The maximum atomic E-state index is 12.7. The second-order valence-electron chi connectivity index (χ2n) is 5.50. The molecule has 3 rings (SSSR count). The Morgan fingerprint density at radius 1 is 1.08 bits per heavy atom. The van der Waals surface area contributed by atoms with Crippen molar-refractivity contribution in [3.8, 4) is 11.5 Å². The van der Waals surface area contributed by atoms with Gasteiger partial charge in [0, 0.05) is 6.54 Å². The minimum atomic E-state index is -0.0398. The number of rotatable bonds is 5. The fourth-order valence-corrected chi connectivity index (χ4v) is 3.64. The first-order valence-corrected chi connectivity index (χ1v) is 9.05. The highest BCUT2D eigenvalue weighted by Gasteiger charge is 2.32. The summed E-state index contributed by atoms with van der Waals surface area (Å²) in [5, 5.41) is 0.690. The number of aliphatic imine (C=N–C) groups is 1. The van der Waals surface area contributed by atoms with Gasteiger partial charge in [0.25, 0.3) is 5.91 Å². The molecule has 6 heteroatoms. The first-order valence-electron chi connectivity index (χ1n) is 8.23. The lowest BCUT2D eigenvalue weighted by Gasteiger charge is -2.11. The van der Waals surface area contributed by atoms with Gasteiger partial charge in [-0.15, -0.1) is 0 Å². The number of carbonyl (C=O) groups excluding carboxylic acids is 1.